The smallest absolute Gasteiger partial charge is 0.251 e. The van der Waals surface area contributed by atoms with E-state index in [4.69, 9.17) is 0 Å². The van der Waals surface area contributed by atoms with E-state index >= 15 is 0 Å². The molecule has 0 saturated carbocycles. The summed E-state index contributed by atoms with van der Waals surface area (Å²) in [6, 6.07) is 2.16. The van der Waals surface area contributed by atoms with Gasteiger partial charge in [-0.25, -0.2) is 8.78 Å². The SMILES string of the molecule is CCCNc1c(F)cc(C(=O)NC(CC)CC)cc1F. The van der Waals surface area contributed by atoms with Crippen LogP contribution in [0.5, 0.6) is 0 Å². The third-order valence-corrected chi connectivity index (χ3v) is 3.18. The van der Waals surface area contributed by atoms with E-state index in [0.717, 1.165) is 31.4 Å². The van der Waals surface area contributed by atoms with Gasteiger partial charge < -0.3 is 10.6 Å². The number of nitrogens with one attached hydrogen (secondary N) is 2. The molecule has 0 saturated heterocycles. The van der Waals surface area contributed by atoms with Gasteiger partial charge in [-0.05, 0) is 31.4 Å². The van der Waals surface area contributed by atoms with Gasteiger partial charge in [0.05, 0.1) is 0 Å². The molecule has 0 aliphatic heterocycles. The van der Waals surface area contributed by atoms with Gasteiger partial charge in [0.1, 0.15) is 17.3 Å². The number of carbonyl (C=O) groups excluding carboxylic acids is 1. The van der Waals surface area contributed by atoms with E-state index in [1.807, 2.05) is 20.8 Å². The average molecular weight is 284 g/mol. The monoisotopic (exact) mass is 284 g/mol. The van der Waals surface area contributed by atoms with Crippen LogP contribution in [-0.4, -0.2) is 18.5 Å². The first-order valence-corrected chi connectivity index (χ1v) is 7.07. The van der Waals surface area contributed by atoms with Crippen LogP contribution in [0.2, 0.25) is 0 Å². The van der Waals surface area contributed by atoms with Crippen molar-refractivity contribution < 1.29 is 13.6 Å². The Morgan fingerprint density at radius 3 is 2.15 bits per heavy atom. The standard InChI is InChI=1S/C15H22F2N2O/c1-4-7-18-14-12(16)8-10(9-13(14)17)15(20)19-11(5-2)6-3/h8-9,11,18H,4-7H2,1-3H3,(H,19,20). The van der Waals surface area contributed by atoms with Gasteiger partial charge in [-0.1, -0.05) is 20.8 Å². The van der Waals surface area contributed by atoms with Crippen molar-refractivity contribution in [1.29, 1.82) is 0 Å². The lowest BCUT2D eigenvalue weighted by Crippen LogP contribution is -2.34. The molecule has 112 valence electrons. The minimum atomic E-state index is -0.742. The first-order valence-electron chi connectivity index (χ1n) is 7.07. The van der Waals surface area contributed by atoms with Crippen molar-refractivity contribution in [2.24, 2.45) is 0 Å². The van der Waals surface area contributed by atoms with Gasteiger partial charge in [0.2, 0.25) is 0 Å². The first-order chi connectivity index (χ1) is 9.53. The number of rotatable bonds is 7. The van der Waals surface area contributed by atoms with Gasteiger partial charge in [0, 0.05) is 18.2 Å². The molecule has 0 heterocycles. The van der Waals surface area contributed by atoms with Crippen molar-refractivity contribution in [3.63, 3.8) is 0 Å². The summed E-state index contributed by atoms with van der Waals surface area (Å²) in [5.41, 5.74) is -0.167. The first kappa shape index (κ1) is 16.4. The molecule has 1 aromatic rings. The molecule has 2 N–H and O–H groups in total. The highest BCUT2D eigenvalue weighted by atomic mass is 19.1. The average Bonchev–Trinajstić information content (AvgIpc) is 2.43. The second-order valence-electron chi connectivity index (χ2n) is 4.73. The third-order valence-electron chi connectivity index (χ3n) is 3.18. The molecule has 0 aliphatic rings. The Balaban J connectivity index is 2.89. The summed E-state index contributed by atoms with van der Waals surface area (Å²) in [5, 5.41) is 5.44. The van der Waals surface area contributed by atoms with E-state index < -0.39 is 17.5 Å². The molecule has 0 radical (unpaired) electrons. The highest BCUT2D eigenvalue weighted by Gasteiger charge is 2.16. The predicted molar refractivity (Wildman–Crippen MR) is 77.0 cm³/mol. The van der Waals surface area contributed by atoms with Crippen LogP contribution in [0.4, 0.5) is 14.5 Å². The van der Waals surface area contributed by atoms with Crippen LogP contribution in [0, 0.1) is 11.6 Å². The Morgan fingerprint density at radius 1 is 1.15 bits per heavy atom. The van der Waals surface area contributed by atoms with E-state index in [2.05, 4.69) is 10.6 Å². The summed E-state index contributed by atoms with van der Waals surface area (Å²) < 4.78 is 27.6. The highest BCUT2D eigenvalue weighted by Crippen LogP contribution is 2.21. The van der Waals surface area contributed by atoms with Crippen molar-refractivity contribution in [3.05, 3.63) is 29.3 Å². The van der Waals surface area contributed by atoms with E-state index in [9.17, 15) is 13.6 Å². The zero-order valence-electron chi connectivity index (χ0n) is 12.2. The summed E-state index contributed by atoms with van der Waals surface area (Å²) in [4.78, 5) is 11.9. The summed E-state index contributed by atoms with van der Waals surface area (Å²) in [7, 11) is 0. The zero-order valence-corrected chi connectivity index (χ0v) is 12.2. The van der Waals surface area contributed by atoms with Gasteiger partial charge in [-0.2, -0.15) is 0 Å². The Labute approximate surface area is 118 Å². The maximum Gasteiger partial charge on any atom is 0.251 e. The molecule has 0 fully saturated rings. The van der Waals surface area contributed by atoms with Gasteiger partial charge in [-0.15, -0.1) is 0 Å². The number of carbonyl (C=O) groups is 1. The Kier molecular flexibility index (Phi) is 6.42. The van der Waals surface area contributed by atoms with Gasteiger partial charge in [0.15, 0.2) is 0 Å². The molecule has 0 aromatic heterocycles. The molecule has 1 aromatic carbocycles. The summed E-state index contributed by atoms with van der Waals surface area (Å²) >= 11 is 0. The van der Waals surface area contributed by atoms with Crippen molar-refractivity contribution in [3.8, 4) is 0 Å². The molecule has 0 bridgehead atoms. The van der Waals surface area contributed by atoms with Crippen LogP contribution in [0.25, 0.3) is 0 Å². The molecule has 3 nitrogen and oxygen atoms in total. The summed E-state index contributed by atoms with van der Waals surface area (Å²) in [5.74, 6) is -1.93. The number of benzene rings is 1. The number of hydrogen-bond donors (Lipinski definition) is 2. The van der Waals surface area contributed by atoms with E-state index in [1.54, 1.807) is 0 Å². The molecular weight excluding hydrogens is 262 g/mol. The van der Waals surface area contributed by atoms with Crippen LogP contribution < -0.4 is 10.6 Å². The molecule has 1 amide bonds. The molecule has 0 unspecified atom stereocenters. The predicted octanol–water partition coefficient (Wildman–Crippen LogP) is 3.71. The van der Waals surface area contributed by atoms with Crippen LogP contribution >= 0.6 is 0 Å². The Bertz CT molecular complexity index is 436. The van der Waals surface area contributed by atoms with E-state index in [-0.39, 0.29) is 17.3 Å². The molecule has 1 rings (SSSR count). The number of anilines is 1. The fourth-order valence-corrected chi connectivity index (χ4v) is 1.88. The minimum absolute atomic E-state index is 0.00829. The second-order valence-corrected chi connectivity index (χ2v) is 4.73. The lowest BCUT2D eigenvalue weighted by molar-refractivity contribution is 0.0934. The largest absolute Gasteiger partial charge is 0.380 e. The fourth-order valence-electron chi connectivity index (χ4n) is 1.88. The van der Waals surface area contributed by atoms with E-state index in [0.29, 0.717) is 6.54 Å². The molecular formula is C15H22F2N2O. The number of hydrogen-bond acceptors (Lipinski definition) is 2. The molecule has 20 heavy (non-hydrogen) atoms. The maximum absolute atomic E-state index is 13.8. The van der Waals surface area contributed by atoms with Gasteiger partial charge in [-0.3, -0.25) is 4.79 Å². The molecule has 0 spiro atoms. The van der Waals surface area contributed by atoms with E-state index in [1.165, 1.54) is 0 Å². The highest BCUT2D eigenvalue weighted by molar-refractivity contribution is 5.94. The maximum atomic E-state index is 13.8. The minimum Gasteiger partial charge on any atom is -0.380 e. The normalized spacial score (nSPS) is 10.7. The van der Waals surface area contributed by atoms with Crippen molar-refractivity contribution >= 4 is 11.6 Å². The zero-order chi connectivity index (χ0) is 15.1. The van der Waals surface area contributed by atoms with Crippen molar-refractivity contribution in [2.75, 3.05) is 11.9 Å². The summed E-state index contributed by atoms with van der Waals surface area (Å²) in [6.45, 7) is 6.29. The van der Waals surface area contributed by atoms with Crippen LogP contribution in [0.1, 0.15) is 50.4 Å². The van der Waals surface area contributed by atoms with Crippen LogP contribution in [0.3, 0.4) is 0 Å². The quantitative estimate of drug-likeness (QED) is 0.801. The molecule has 0 aliphatic carbocycles. The van der Waals surface area contributed by atoms with Crippen molar-refractivity contribution in [2.45, 2.75) is 46.1 Å². The van der Waals surface area contributed by atoms with Crippen molar-refractivity contribution in [1.82, 2.24) is 5.32 Å². The molecule has 5 heteroatoms. The Morgan fingerprint density at radius 2 is 1.70 bits per heavy atom. The third kappa shape index (κ3) is 4.18. The molecule has 0 atom stereocenters. The van der Waals surface area contributed by atoms with Crippen LogP contribution in [-0.2, 0) is 0 Å². The number of amides is 1. The Hall–Kier alpha value is -1.65. The lowest BCUT2D eigenvalue weighted by Gasteiger charge is -2.15. The second kappa shape index (κ2) is 7.82. The number of halogens is 2. The fraction of sp³-hybridized carbons (Fsp3) is 0.533. The topological polar surface area (TPSA) is 41.1 Å². The van der Waals surface area contributed by atoms with Gasteiger partial charge in [0.25, 0.3) is 5.91 Å². The summed E-state index contributed by atoms with van der Waals surface area (Å²) in [6.07, 6.45) is 2.32. The van der Waals surface area contributed by atoms with Gasteiger partial charge >= 0.3 is 0 Å². The lowest BCUT2D eigenvalue weighted by atomic mass is 10.1. The van der Waals surface area contributed by atoms with Crippen LogP contribution in [0.15, 0.2) is 12.1 Å².